The van der Waals surface area contributed by atoms with Crippen LogP contribution >= 0.6 is 0 Å². The third kappa shape index (κ3) is 3.55. The Morgan fingerprint density at radius 2 is 1.88 bits per heavy atom. The number of hydrogen-bond acceptors (Lipinski definition) is 2. The molecule has 0 N–H and O–H groups in total. The average Bonchev–Trinajstić information content (AvgIpc) is 2.35. The van der Waals surface area contributed by atoms with Crippen LogP contribution in [0.3, 0.4) is 0 Å². The topological polar surface area (TPSA) is 26.3 Å². The molecule has 0 saturated heterocycles. The quantitative estimate of drug-likeness (QED) is 0.455. The third-order valence-electron chi connectivity index (χ3n) is 2.40. The van der Waals surface area contributed by atoms with E-state index in [0.717, 1.165) is 11.1 Å². The van der Waals surface area contributed by atoms with Gasteiger partial charge in [0, 0.05) is 0 Å². The van der Waals surface area contributed by atoms with Crippen molar-refractivity contribution in [3.8, 4) is 0 Å². The van der Waals surface area contributed by atoms with Crippen LogP contribution in [0.4, 0.5) is 4.39 Å². The van der Waals surface area contributed by atoms with Crippen molar-refractivity contribution in [1.29, 1.82) is 0 Å². The first-order valence-corrected chi connectivity index (χ1v) is 5.27. The van der Waals surface area contributed by atoms with Crippen LogP contribution in [-0.2, 0) is 9.53 Å². The Bertz CT molecular complexity index is 456. The molecule has 0 bridgehead atoms. The molecule has 0 aliphatic carbocycles. The number of carbonyl (C=O) groups is 1. The van der Waals surface area contributed by atoms with Crippen LogP contribution in [0.5, 0.6) is 0 Å². The molecule has 0 atom stereocenters. The summed E-state index contributed by atoms with van der Waals surface area (Å²) >= 11 is 0. The second kappa shape index (κ2) is 5.99. The van der Waals surface area contributed by atoms with Crippen molar-refractivity contribution in [2.24, 2.45) is 0 Å². The van der Waals surface area contributed by atoms with Crippen LogP contribution in [0.2, 0.25) is 0 Å². The zero-order chi connectivity index (χ0) is 12.8. The summed E-state index contributed by atoms with van der Waals surface area (Å²) in [6.07, 6.45) is 3.40. The number of benzene rings is 1. The van der Waals surface area contributed by atoms with E-state index in [2.05, 4.69) is 4.74 Å². The molecule has 0 aliphatic heterocycles. The maximum Gasteiger partial charge on any atom is 0.337 e. The number of halogens is 1. The Morgan fingerprint density at radius 3 is 2.35 bits per heavy atom. The maximum absolute atomic E-state index is 12.8. The lowest BCUT2D eigenvalue weighted by atomic mass is 10.0. The highest BCUT2D eigenvalue weighted by Crippen LogP contribution is 2.17. The van der Waals surface area contributed by atoms with Gasteiger partial charge >= 0.3 is 5.97 Å². The van der Waals surface area contributed by atoms with Crippen molar-refractivity contribution in [1.82, 2.24) is 0 Å². The van der Waals surface area contributed by atoms with Gasteiger partial charge in [0.1, 0.15) is 5.82 Å². The normalized spacial score (nSPS) is 12.5. The summed E-state index contributed by atoms with van der Waals surface area (Å²) in [5.74, 6) is -0.658. The standard InChI is InChI=1S/C14H15FO2/c1-4-11(14(16)17-3)9-10(2)12-5-7-13(15)8-6-12/h4-9H,1-3H3/b10-9+,11-4+. The summed E-state index contributed by atoms with van der Waals surface area (Å²) in [4.78, 5) is 11.4. The SMILES string of the molecule is C/C=C(\C=C(/C)c1ccc(F)cc1)C(=O)OC. The maximum atomic E-state index is 12.8. The first kappa shape index (κ1) is 13.2. The fourth-order valence-electron chi connectivity index (χ4n) is 1.41. The van der Waals surface area contributed by atoms with Crippen molar-refractivity contribution in [2.75, 3.05) is 7.11 Å². The fourth-order valence-corrected chi connectivity index (χ4v) is 1.41. The second-order valence-electron chi connectivity index (χ2n) is 3.57. The highest BCUT2D eigenvalue weighted by Gasteiger charge is 2.06. The Morgan fingerprint density at radius 1 is 1.29 bits per heavy atom. The predicted molar refractivity (Wildman–Crippen MR) is 65.8 cm³/mol. The van der Waals surface area contributed by atoms with Crippen LogP contribution in [0, 0.1) is 5.82 Å². The highest BCUT2D eigenvalue weighted by molar-refractivity contribution is 5.93. The molecule has 90 valence electrons. The highest BCUT2D eigenvalue weighted by atomic mass is 19.1. The molecule has 0 radical (unpaired) electrons. The number of rotatable bonds is 3. The number of methoxy groups -OCH3 is 1. The summed E-state index contributed by atoms with van der Waals surface area (Å²) in [5.41, 5.74) is 2.23. The lowest BCUT2D eigenvalue weighted by Gasteiger charge is -2.04. The predicted octanol–water partition coefficient (Wildman–Crippen LogP) is 3.35. The number of esters is 1. The van der Waals surface area contributed by atoms with Crippen molar-refractivity contribution in [3.63, 3.8) is 0 Å². The molecule has 1 aromatic carbocycles. The molecule has 0 aromatic heterocycles. The lowest BCUT2D eigenvalue weighted by molar-refractivity contribution is -0.135. The summed E-state index contributed by atoms with van der Waals surface area (Å²) in [6.45, 7) is 3.63. The summed E-state index contributed by atoms with van der Waals surface area (Å²) in [7, 11) is 1.34. The molecule has 0 spiro atoms. The van der Waals surface area contributed by atoms with Crippen LogP contribution in [0.25, 0.3) is 5.57 Å². The van der Waals surface area contributed by atoms with E-state index < -0.39 is 0 Å². The number of allylic oxidation sites excluding steroid dienone is 2. The summed E-state index contributed by atoms with van der Waals surface area (Å²) in [5, 5.41) is 0. The molecule has 0 amide bonds. The van der Waals surface area contributed by atoms with Gasteiger partial charge in [-0.3, -0.25) is 0 Å². The van der Waals surface area contributed by atoms with Gasteiger partial charge in [-0.1, -0.05) is 18.2 Å². The van der Waals surface area contributed by atoms with Crippen LogP contribution in [-0.4, -0.2) is 13.1 Å². The van der Waals surface area contributed by atoms with Crippen LogP contribution in [0.1, 0.15) is 19.4 Å². The second-order valence-corrected chi connectivity index (χ2v) is 3.57. The molecule has 1 rings (SSSR count). The Hall–Kier alpha value is -1.90. The van der Waals surface area contributed by atoms with E-state index in [1.807, 2.05) is 6.92 Å². The Balaban J connectivity index is 2.99. The van der Waals surface area contributed by atoms with E-state index in [1.54, 1.807) is 31.2 Å². The van der Waals surface area contributed by atoms with Gasteiger partial charge in [-0.2, -0.15) is 0 Å². The smallest absolute Gasteiger partial charge is 0.337 e. The van der Waals surface area contributed by atoms with E-state index in [1.165, 1.54) is 19.2 Å². The van der Waals surface area contributed by atoms with Crippen molar-refractivity contribution in [3.05, 3.63) is 53.4 Å². The van der Waals surface area contributed by atoms with E-state index in [9.17, 15) is 9.18 Å². The van der Waals surface area contributed by atoms with E-state index in [4.69, 9.17) is 0 Å². The first-order chi connectivity index (χ1) is 8.08. The molecule has 0 saturated carbocycles. The van der Waals surface area contributed by atoms with Crippen LogP contribution < -0.4 is 0 Å². The Labute approximate surface area is 100 Å². The van der Waals surface area contributed by atoms with Gasteiger partial charge in [0.25, 0.3) is 0 Å². The van der Waals surface area contributed by atoms with Crippen molar-refractivity contribution in [2.45, 2.75) is 13.8 Å². The zero-order valence-corrected chi connectivity index (χ0v) is 10.2. The molecule has 0 fully saturated rings. The lowest BCUT2D eigenvalue weighted by Crippen LogP contribution is -2.02. The van der Waals surface area contributed by atoms with E-state index >= 15 is 0 Å². The van der Waals surface area contributed by atoms with Gasteiger partial charge < -0.3 is 4.74 Å². The van der Waals surface area contributed by atoms with Crippen molar-refractivity contribution < 1.29 is 13.9 Å². The third-order valence-corrected chi connectivity index (χ3v) is 2.40. The number of hydrogen-bond donors (Lipinski definition) is 0. The summed E-state index contributed by atoms with van der Waals surface area (Å²) in [6, 6.07) is 6.12. The van der Waals surface area contributed by atoms with Gasteiger partial charge in [0.2, 0.25) is 0 Å². The van der Waals surface area contributed by atoms with Crippen molar-refractivity contribution >= 4 is 11.5 Å². The zero-order valence-electron chi connectivity index (χ0n) is 10.2. The molecule has 0 aliphatic rings. The first-order valence-electron chi connectivity index (χ1n) is 5.27. The largest absolute Gasteiger partial charge is 0.465 e. The minimum absolute atomic E-state index is 0.277. The number of carbonyl (C=O) groups excluding carboxylic acids is 1. The molecular formula is C14H15FO2. The molecule has 1 aromatic rings. The van der Waals surface area contributed by atoms with Gasteiger partial charge in [0.15, 0.2) is 0 Å². The van der Waals surface area contributed by atoms with E-state index in [-0.39, 0.29) is 11.8 Å². The minimum atomic E-state index is -0.381. The fraction of sp³-hybridized carbons (Fsp3) is 0.214. The van der Waals surface area contributed by atoms with Gasteiger partial charge in [-0.25, -0.2) is 9.18 Å². The van der Waals surface area contributed by atoms with Gasteiger partial charge in [0.05, 0.1) is 12.7 Å². The summed E-state index contributed by atoms with van der Waals surface area (Å²) < 4.78 is 17.4. The van der Waals surface area contributed by atoms with Crippen LogP contribution in [0.15, 0.2) is 42.0 Å². The molecule has 17 heavy (non-hydrogen) atoms. The molecule has 2 nitrogen and oxygen atoms in total. The van der Waals surface area contributed by atoms with E-state index in [0.29, 0.717) is 5.57 Å². The van der Waals surface area contributed by atoms with Gasteiger partial charge in [-0.15, -0.1) is 0 Å². The average molecular weight is 234 g/mol. The Kier molecular flexibility index (Phi) is 4.64. The molecular weight excluding hydrogens is 219 g/mol. The monoisotopic (exact) mass is 234 g/mol. The molecule has 3 heteroatoms. The molecule has 0 unspecified atom stereocenters. The van der Waals surface area contributed by atoms with Gasteiger partial charge in [-0.05, 0) is 43.2 Å². The number of ether oxygens (including phenoxy) is 1. The molecule has 0 heterocycles. The minimum Gasteiger partial charge on any atom is -0.465 e.